The molecule has 2 aromatic heterocycles. The van der Waals surface area contributed by atoms with Gasteiger partial charge in [-0.25, -0.2) is 24.5 Å². The molecule has 76 valence electrons. The summed E-state index contributed by atoms with van der Waals surface area (Å²) in [6.07, 6.45) is 1.17. The number of rotatable bonds is 2. The van der Waals surface area contributed by atoms with E-state index in [-0.39, 0.29) is 17.0 Å². The largest absolute Gasteiger partial charge is 0.475 e. The Bertz CT molecular complexity index is 549. The van der Waals surface area contributed by atoms with Crippen LogP contribution < -0.4 is 0 Å². The monoisotopic (exact) mass is 208 g/mol. The van der Waals surface area contributed by atoms with Crippen LogP contribution in [-0.2, 0) is 0 Å². The van der Waals surface area contributed by atoms with Crippen molar-refractivity contribution in [3.8, 4) is 0 Å². The third kappa shape index (κ3) is 1.47. The van der Waals surface area contributed by atoms with E-state index >= 15 is 0 Å². The summed E-state index contributed by atoms with van der Waals surface area (Å²) in [5.41, 5.74) is 0.289. The van der Waals surface area contributed by atoms with Crippen LogP contribution >= 0.6 is 0 Å². The maximum absolute atomic E-state index is 10.5. The summed E-state index contributed by atoms with van der Waals surface area (Å²) >= 11 is 0. The van der Waals surface area contributed by atoms with Crippen LogP contribution in [0.4, 0.5) is 0 Å². The first-order chi connectivity index (χ1) is 7.08. The van der Waals surface area contributed by atoms with Crippen molar-refractivity contribution in [3.63, 3.8) is 0 Å². The van der Waals surface area contributed by atoms with Crippen LogP contribution in [-0.4, -0.2) is 42.1 Å². The third-order valence-electron chi connectivity index (χ3n) is 1.63. The fourth-order valence-electron chi connectivity index (χ4n) is 1.01. The lowest BCUT2D eigenvalue weighted by molar-refractivity contribution is 0.0675. The highest BCUT2D eigenvalue weighted by atomic mass is 16.4. The lowest BCUT2D eigenvalue weighted by Crippen LogP contribution is -2.03. The molecular formula is C7H4N4O4. The molecule has 0 radical (unpaired) electrons. The molecule has 15 heavy (non-hydrogen) atoms. The number of nitrogens with one attached hydrogen (secondary N) is 1. The Morgan fingerprint density at radius 3 is 2.53 bits per heavy atom. The molecule has 0 saturated carbocycles. The number of imidazole rings is 1. The van der Waals surface area contributed by atoms with E-state index in [2.05, 4.69) is 19.9 Å². The van der Waals surface area contributed by atoms with Gasteiger partial charge in [0.25, 0.3) is 0 Å². The lowest BCUT2D eigenvalue weighted by atomic mass is 10.5. The quantitative estimate of drug-likeness (QED) is 0.620. The molecule has 2 aromatic rings. The highest BCUT2D eigenvalue weighted by Gasteiger charge is 2.13. The standard InChI is InChI=1S/C7H4N4O4/c12-6(13)4-8-1-2-3(10-4)11-5(9-2)7(14)15/h1H,(H,12,13)(H,14,15)(H,8,9,10,11). The van der Waals surface area contributed by atoms with Gasteiger partial charge < -0.3 is 15.2 Å². The molecule has 0 aliphatic rings. The van der Waals surface area contributed by atoms with Crippen LogP contribution in [0.15, 0.2) is 6.20 Å². The molecule has 2 rings (SSSR count). The fraction of sp³-hybridized carbons (Fsp3) is 0. The van der Waals surface area contributed by atoms with Crippen LogP contribution in [0.3, 0.4) is 0 Å². The van der Waals surface area contributed by atoms with Gasteiger partial charge in [0.1, 0.15) is 5.52 Å². The van der Waals surface area contributed by atoms with Gasteiger partial charge in [0, 0.05) is 0 Å². The Hall–Kier alpha value is -2.51. The molecule has 0 unspecified atom stereocenters. The average Bonchev–Trinajstić information content (AvgIpc) is 2.59. The van der Waals surface area contributed by atoms with Gasteiger partial charge in [0.15, 0.2) is 5.65 Å². The second kappa shape index (κ2) is 3.01. The highest BCUT2D eigenvalue weighted by Crippen LogP contribution is 2.07. The zero-order valence-corrected chi connectivity index (χ0v) is 7.13. The zero-order chi connectivity index (χ0) is 11.0. The molecule has 0 fully saturated rings. The van der Waals surface area contributed by atoms with Gasteiger partial charge in [-0.2, -0.15) is 0 Å². The predicted octanol–water partition coefficient (Wildman–Crippen LogP) is -0.251. The summed E-state index contributed by atoms with van der Waals surface area (Å²) in [6.45, 7) is 0. The van der Waals surface area contributed by atoms with Crippen molar-refractivity contribution in [2.75, 3.05) is 0 Å². The SMILES string of the molecule is O=C(O)c1ncc2[nH]c(C(=O)O)nc2n1. The van der Waals surface area contributed by atoms with Crippen molar-refractivity contribution in [1.82, 2.24) is 19.9 Å². The van der Waals surface area contributed by atoms with E-state index in [1.807, 2.05) is 0 Å². The third-order valence-corrected chi connectivity index (χ3v) is 1.63. The number of nitrogens with zero attached hydrogens (tertiary/aromatic N) is 3. The molecule has 0 atom stereocenters. The lowest BCUT2D eigenvalue weighted by Gasteiger charge is -1.90. The molecule has 8 heteroatoms. The molecule has 0 aliphatic heterocycles. The Morgan fingerprint density at radius 1 is 1.20 bits per heavy atom. The van der Waals surface area contributed by atoms with Crippen LogP contribution in [0.5, 0.6) is 0 Å². The first-order valence-electron chi connectivity index (χ1n) is 3.77. The van der Waals surface area contributed by atoms with Gasteiger partial charge in [0.05, 0.1) is 6.20 Å². The molecule has 0 spiro atoms. The maximum Gasteiger partial charge on any atom is 0.374 e. The number of aromatic carboxylic acids is 2. The number of fused-ring (bicyclic) bond motifs is 1. The van der Waals surface area contributed by atoms with Crippen LogP contribution in [0.2, 0.25) is 0 Å². The highest BCUT2D eigenvalue weighted by molar-refractivity contribution is 5.89. The molecule has 3 N–H and O–H groups in total. The van der Waals surface area contributed by atoms with E-state index < -0.39 is 17.8 Å². The first-order valence-corrected chi connectivity index (χ1v) is 3.77. The summed E-state index contributed by atoms with van der Waals surface area (Å²) in [5.74, 6) is -3.27. The van der Waals surface area contributed by atoms with E-state index in [4.69, 9.17) is 10.2 Å². The second-order valence-corrected chi connectivity index (χ2v) is 2.63. The van der Waals surface area contributed by atoms with Gasteiger partial charge in [0.2, 0.25) is 11.6 Å². The van der Waals surface area contributed by atoms with Gasteiger partial charge in [-0.3, -0.25) is 0 Å². The number of carbonyl (C=O) groups is 2. The van der Waals surface area contributed by atoms with E-state index in [1.165, 1.54) is 6.20 Å². The molecule has 0 aromatic carbocycles. The number of hydrogen-bond donors (Lipinski definition) is 3. The number of aromatic amines is 1. The Labute approximate surface area is 81.6 Å². The molecule has 0 amide bonds. The summed E-state index contributed by atoms with van der Waals surface area (Å²) in [4.78, 5) is 34.1. The minimum Gasteiger partial charge on any atom is -0.475 e. The van der Waals surface area contributed by atoms with Crippen molar-refractivity contribution in [1.29, 1.82) is 0 Å². The number of carboxylic acids is 2. The van der Waals surface area contributed by atoms with Crippen LogP contribution in [0.25, 0.3) is 11.2 Å². The number of H-pyrrole nitrogens is 1. The Morgan fingerprint density at radius 2 is 1.93 bits per heavy atom. The molecular weight excluding hydrogens is 204 g/mol. The van der Waals surface area contributed by atoms with Crippen molar-refractivity contribution in [3.05, 3.63) is 17.8 Å². The molecule has 0 aliphatic carbocycles. The zero-order valence-electron chi connectivity index (χ0n) is 7.13. The summed E-state index contributed by atoms with van der Waals surface area (Å²) in [5, 5.41) is 17.2. The number of aromatic nitrogens is 4. The van der Waals surface area contributed by atoms with E-state index in [1.54, 1.807) is 0 Å². The van der Waals surface area contributed by atoms with Crippen LogP contribution in [0.1, 0.15) is 21.2 Å². The van der Waals surface area contributed by atoms with E-state index in [0.29, 0.717) is 0 Å². The maximum atomic E-state index is 10.5. The molecule has 0 saturated heterocycles. The number of carboxylic acid groups (broad SMARTS) is 2. The Balaban J connectivity index is 2.62. The molecule has 2 heterocycles. The van der Waals surface area contributed by atoms with Crippen molar-refractivity contribution >= 4 is 23.1 Å². The van der Waals surface area contributed by atoms with Crippen molar-refractivity contribution in [2.24, 2.45) is 0 Å². The first kappa shape index (κ1) is 9.06. The topological polar surface area (TPSA) is 129 Å². The molecule has 8 nitrogen and oxygen atoms in total. The van der Waals surface area contributed by atoms with E-state index in [9.17, 15) is 9.59 Å². The van der Waals surface area contributed by atoms with Gasteiger partial charge in [-0.15, -0.1) is 0 Å². The van der Waals surface area contributed by atoms with Crippen LogP contribution in [0, 0.1) is 0 Å². The average molecular weight is 208 g/mol. The fourth-order valence-corrected chi connectivity index (χ4v) is 1.01. The minimum atomic E-state index is -1.29. The number of hydrogen-bond acceptors (Lipinski definition) is 5. The van der Waals surface area contributed by atoms with Crippen molar-refractivity contribution < 1.29 is 19.8 Å². The summed E-state index contributed by atoms with van der Waals surface area (Å²) < 4.78 is 0. The van der Waals surface area contributed by atoms with Crippen molar-refractivity contribution in [2.45, 2.75) is 0 Å². The van der Waals surface area contributed by atoms with Gasteiger partial charge in [-0.05, 0) is 0 Å². The van der Waals surface area contributed by atoms with Gasteiger partial charge >= 0.3 is 11.9 Å². The van der Waals surface area contributed by atoms with E-state index in [0.717, 1.165) is 0 Å². The second-order valence-electron chi connectivity index (χ2n) is 2.63. The predicted molar refractivity (Wildman–Crippen MR) is 45.6 cm³/mol. The Kier molecular flexibility index (Phi) is 1.82. The smallest absolute Gasteiger partial charge is 0.374 e. The van der Waals surface area contributed by atoms with Gasteiger partial charge in [-0.1, -0.05) is 0 Å². The normalized spacial score (nSPS) is 10.4. The summed E-state index contributed by atoms with van der Waals surface area (Å²) in [7, 11) is 0. The molecule has 0 bridgehead atoms. The summed E-state index contributed by atoms with van der Waals surface area (Å²) in [6, 6.07) is 0. The minimum absolute atomic E-state index is 0.0137.